The summed E-state index contributed by atoms with van der Waals surface area (Å²) in [5.41, 5.74) is 7.56. The molecule has 0 radical (unpaired) electrons. The van der Waals surface area contributed by atoms with Crippen molar-refractivity contribution in [3.8, 4) is 11.1 Å². The Labute approximate surface area is 102 Å². The van der Waals surface area contributed by atoms with E-state index in [2.05, 4.69) is 42.7 Å². The topological polar surface area (TPSA) is 38.0 Å². The third kappa shape index (κ3) is 2.48. The quantitative estimate of drug-likeness (QED) is 0.617. The summed E-state index contributed by atoms with van der Waals surface area (Å²) in [5.74, 6) is 5.60. The van der Waals surface area contributed by atoms with Crippen molar-refractivity contribution in [1.82, 2.24) is 0 Å². The van der Waals surface area contributed by atoms with Gasteiger partial charge in [0.15, 0.2) is 0 Å². The average Bonchev–Trinajstić information content (AvgIpc) is 2.40. The molecule has 0 aliphatic carbocycles. The number of hydrogen-bond donors (Lipinski definition) is 2. The normalized spacial score (nSPS) is 10.2. The number of benzene rings is 2. The molecule has 0 saturated heterocycles. The number of rotatable bonds is 4. The van der Waals surface area contributed by atoms with Gasteiger partial charge in [0.1, 0.15) is 0 Å². The molecule has 0 aliphatic heterocycles. The van der Waals surface area contributed by atoms with E-state index in [4.69, 9.17) is 5.84 Å². The second-order valence-electron chi connectivity index (χ2n) is 4.10. The Morgan fingerprint density at radius 3 is 2.41 bits per heavy atom. The summed E-state index contributed by atoms with van der Waals surface area (Å²) in [7, 11) is 0. The van der Waals surface area contributed by atoms with Gasteiger partial charge in [-0.2, -0.15) is 0 Å². The first-order valence-corrected chi connectivity index (χ1v) is 6.00. The zero-order chi connectivity index (χ0) is 12.1. The molecule has 0 bridgehead atoms. The van der Waals surface area contributed by atoms with E-state index in [1.165, 1.54) is 16.7 Å². The molecule has 2 aromatic rings. The molecule has 0 fully saturated rings. The predicted molar refractivity (Wildman–Crippen MR) is 73.7 cm³/mol. The SMILES string of the molecule is CCCc1cccc(NN)c1-c1ccccc1. The lowest BCUT2D eigenvalue weighted by Gasteiger charge is -2.14. The lowest BCUT2D eigenvalue weighted by atomic mass is 9.95. The van der Waals surface area contributed by atoms with Crippen LogP contribution in [0.1, 0.15) is 18.9 Å². The Morgan fingerprint density at radius 1 is 1.00 bits per heavy atom. The minimum atomic E-state index is 0.988. The Bertz CT molecular complexity index is 478. The van der Waals surface area contributed by atoms with Gasteiger partial charge in [-0.1, -0.05) is 55.8 Å². The van der Waals surface area contributed by atoms with Gasteiger partial charge in [0.25, 0.3) is 0 Å². The number of hydrazine groups is 1. The minimum Gasteiger partial charge on any atom is -0.324 e. The van der Waals surface area contributed by atoms with Crippen molar-refractivity contribution in [3.63, 3.8) is 0 Å². The molecule has 0 amide bonds. The summed E-state index contributed by atoms with van der Waals surface area (Å²) in [4.78, 5) is 0. The zero-order valence-corrected chi connectivity index (χ0v) is 10.1. The summed E-state index contributed by atoms with van der Waals surface area (Å²) >= 11 is 0. The highest BCUT2D eigenvalue weighted by molar-refractivity contribution is 5.80. The van der Waals surface area contributed by atoms with Gasteiger partial charge in [-0.3, -0.25) is 5.84 Å². The van der Waals surface area contributed by atoms with Crippen LogP contribution < -0.4 is 11.3 Å². The van der Waals surface area contributed by atoms with Crippen LogP contribution in [0.2, 0.25) is 0 Å². The highest BCUT2D eigenvalue weighted by atomic mass is 15.2. The minimum absolute atomic E-state index is 0.988. The molecule has 2 rings (SSSR count). The molecule has 2 aromatic carbocycles. The molecular formula is C15H18N2. The van der Waals surface area contributed by atoms with E-state index in [0.717, 1.165) is 18.5 Å². The van der Waals surface area contributed by atoms with Crippen molar-refractivity contribution in [3.05, 3.63) is 54.1 Å². The van der Waals surface area contributed by atoms with Gasteiger partial charge in [0.2, 0.25) is 0 Å². The van der Waals surface area contributed by atoms with E-state index < -0.39 is 0 Å². The molecule has 0 saturated carbocycles. The summed E-state index contributed by atoms with van der Waals surface area (Å²) in [6.07, 6.45) is 2.20. The first-order chi connectivity index (χ1) is 8.36. The predicted octanol–water partition coefficient (Wildman–Crippen LogP) is 3.59. The van der Waals surface area contributed by atoms with Crippen molar-refractivity contribution < 1.29 is 0 Å². The standard InChI is InChI=1S/C15H18N2/c1-2-7-12-10-6-11-14(17-16)15(12)13-8-4-3-5-9-13/h3-6,8-11,17H,2,7,16H2,1H3. The number of hydrogen-bond acceptors (Lipinski definition) is 2. The molecule has 0 atom stereocenters. The number of nitrogens with two attached hydrogens (primary N) is 1. The maximum absolute atomic E-state index is 5.60. The summed E-state index contributed by atoms with van der Waals surface area (Å²) in [5, 5.41) is 0. The van der Waals surface area contributed by atoms with Crippen molar-refractivity contribution in [2.75, 3.05) is 5.43 Å². The van der Waals surface area contributed by atoms with Gasteiger partial charge in [-0.25, -0.2) is 0 Å². The third-order valence-electron chi connectivity index (χ3n) is 2.89. The van der Waals surface area contributed by atoms with E-state index in [1.807, 2.05) is 18.2 Å². The van der Waals surface area contributed by atoms with Crippen molar-refractivity contribution in [2.24, 2.45) is 5.84 Å². The van der Waals surface area contributed by atoms with E-state index in [9.17, 15) is 0 Å². The number of nitrogen functional groups attached to an aromatic ring is 1. The second-order valence-corrected chi connectivity index (χ2v) is 4.10. The first kappa shape index (κ1) is 11.7. The van der Waals surface area contributed by atoms with Crippen LogP contribution in [0.4, 0.5) is 5.69 Å². The molecule has 0 unspecified atom stereocenters. The third-order valence-corrected chi connectivity index (χ3v) is 2.89. The van der Waals surface area contributed by atoms with Crippen molar-refractivity contribution >= 4 is 5.69 Å². The number of anilines is 1. The molecular weight excluding hydrogens is 208 g/mol. The largest absolute Gasteiger partial charge is 0.324 e. The molecule has 2 nitrogen and oxygen atoms in total. The van der Waals surface area contributed by atoms with Gasteiger partial charge in [0, 0.05) is 5.56 Å². The monoisotopic (exact) mass is 226 g/mol. The number of nitrogens with one attached hydrogen (secondary N) is 1. The van der Waals surface area contributed by atoms with Crippen LogP contribution in [-0.2, 0) is 6.42 Å². The van der Waals surface area contributed by atoms with Crippen LogP contribution in [-0.4, -0.2) is 0 Å². The lowest BCUT2D eigenvalue weighted by Crippen LogP contribution is -2.09. The van der Waals surface area contributed by atoms with Crippen LogP contribution in [0, 0.1) is 0 Å². The van der Waals surface area contributed by atoms with E-state index in [0.29, 0.717) is 0 Å². The van der Waals surface area contributed by atoms with Crippen LogP contribution >= 0.6 is 0 Å². The van der Waals surface area contributed by atoms with Gasteiger partial charge < -0.3 is 5.43 Å². The molecule has 0 heterocycles. The maximum Gasteiger partial charge on any atom is 0.0566 e. The fourth-order valence-electron chi connectivity index (χ4n) is 2.14. The molecule has 3 N–H and O–H groups in total. The molecule has 2 heteroatoms. The first-order valence-electron chi connectivity index (χ1n) is 6.00. The second kappa shape index (κ2) is 5.51. The van der Waals surface area contributed by atoms with Gasteiger partial charge in [0.05, 0.1) is 5.69 Å². The van der Waals surface area contributed by atoms with Gasteiger partial charge in [-0.05, 0) is 23.6 Å². The van der Waals surface area contributed by atoms with E-state index >= 15 is 0 Å². The Balaban J connectivity index is 2.56. The highest BCUT2D eigenvalue weighted by Gasteiger charge is 2.08. The van der Waals surface area contributed by atoms with Crippen LogP contribution in [0.15, 0.2) is 48.5 Å². The molecule has 17 heavy (non-hydrogen) atoms. The average molecular weight is 226 g/mol. The summed E-state index contributed by atoms with van der Waals surface area (Å²) < 4.78 is 0. The van der Waals surface area contributed by atoms with E-state index in [-0.39, 0.29) is 0 Å². The highest BCUT2D eigenvalue weighted by Crippen LogP contribution is 2.31. The smallest absolute Gasteiger partial charge is 0.0566 e. The molecule has 0 spiro atoms. The maximum atomic E-state index is 5.60. The van der Waals surface area contributed by atoms with Crippen LogP contribution in [0.3, 0.4) is 0 Å². The van der Waals surface area contributed by atoms with Crippen LogP contribution in [0.5, 0.6) is 0 Å². The molecule has 0 aromatic heterocycles. The summed E-state index contributed by atoms with van der Waals surface area (Å²) in [6.45, 7) is 2.19. The van der Waals surface area contributed by atoms with Crippen LogP contribution in [0.25, 0.3) is 11.1 Å². The summed E-state index contributed by atoms with van der Waals surface area (Å²) in [6, 6.07) is 16.6. The Morgan fingerprint density at radius 2 is 1.76 bits per heavy atom. The number of aryl methyl sites for hydroxylation is 1. The fraction of sp³-hybridized carbons (Fsp3) is 0.200. The molecule has 0 aliphatic rings. The van der Waals surface area contributed by atoms with Crippen molar-refractivity contribution in [1.29, 1.82) is 0 Å². The van der Waals surface area contributed by atoms with Crippen molar-refractivity contribution in [2.45, 2.75) is 19.8 Å². The fourth-order valence-corrected chi connectivity index (χ4v) is 2.14. The van der Waals surface area contributed by atoms with Gasteiger partial charge in [-0.15, -0.1) is 0 Å². The molecule has 88 valence electrons. The Hall–Kier alpha value is -1.80. The van der Waals surface area contributed by atoms with E-state index in [1.54, 1.807) is 0 Å². The zero-order valence-electron chi connectivity index (χ0n) is 10.1. The lowest BCUT2D eigenvalue weighted by molar-refractivity contribution is 0.923. The Kier molecular flexibility index (Phi) is 3.78. The van der Waals surface area contributed by atoms with Gasteiger partial charge >= 0.3 is 0 Å².